The quantitative estimate of drug-likeness (QED) is 0.930. The summed E-state index contributed by atoms with van der Waals surface area (Å²) >= 11 is 1.66. The van der Waals surface area contributed by atoms with Gasteiger partial charge in [-0.15, -0.1) is 12.4 Å². The van der Waals surface area contributed by atoms with Gasteiger partial charge in [-0.05, 0) is 55.0 Å². The number of amides is 1. The molecule has 112 valence electrons. The number of thiophene rings is 1. The third kappa shape index (κ3) is 3.02. The zero-order chi connectivity index (χ0) is 13.4. The number of fused-ring (bicyclic) bond motifs is 2. The molecule has 0 aliphatic carbocycles. The molecule has 2 bridgehead atoms. The van der Waals surface area contributed by atoms with E-state index in [0.717, 1.165) is 18.4 Å². The van der Waals surface area contributed by atoms with Crippen LogP contribution in [0.3, 0.4) is 0 Å². The van der Waals surface area contributed by atoms with Crippen molar-refractivity contribution >= 4 is 29.7 Å². The molecule has 3 nitrogen and oxygen atoms in total. The Balaban J connectivity index is 0.00000147. The van der Waals surface area contributed by atoms with Gasteiger partial charge in [0.2, 0.25) is 5.91 Å². The number of carbonyl (C=O) groups excluding carboxylic acids is 1. The summed E-state index contributed by atoms with van der Waals surface area (Å²) < 4.78 is 0. The number of rotatable bonds is 3. The van der Waals surface area contributed by atoms with Crippen LogP contribution >= 0.6 is 23.7 Å². The van der Waals surface area contributed by atoms with Crippen LogP contribution in [0.4, 0.5) is 0 Å². The topological polar surface area (TPSA) is 32.3 Å². The molecule has 20 heavy (non-hydrogen) atoms. The molecule has 2 aliphatic heterocycles. The molecular formula is C15H23ClN2OS. The van der Waals surface area contributed by atoms with Crippen LogP contribution in [-0.2, 0) is 4.79 Å². The second-order valence-electron chi connectivity index (χ2n) is 5.99. The Bertz CT molecular complexity index is 439. The Labute approximate surface area is 131 Å². The average Bonchev–Trinajstić information content (AvgIpc) is 3.06. The normalized spacial score (nSPS) is 29.6. The first kappa shape index (κ1) is 15.8. The standard InChI is InChI=1S/C15H22N2OS.ClH/c1-10(11-5-6-19-9-11)15(18)17(2)14-7-12-3-4-13(8-14)16-12;/h5-6,9-10,12-14,16H,3-4,7-8H2,1-2H3;1H. The maximum Gasteiger partial charge on any atom is 0.229 e. The second-order valence-corrected chi connectivity index (χ2v) is 6.77. The Morgan fingerprint density at radius 2 is 2.05 bits per heavy atom. The third-order valence-corrected chi connectivity index (χ3v) is 5.46. The third-order valence-electron chi connectivity index (χ3n) is 4.76. The van der Waals surface area contributed by atoms with E-state index < -0.39 is 0 Å². The van der Waals surface area contributed by atoms with Gasteiger partial charge >= 0.3 is 0 Å². The Hall–Kier alpha value is -0.580. The van der Waals surface area contributed by atoms with Gasteiger partial charge in [0.15, 0.2) is 0 Å². The minimum Gasteiger partial charge on any atom is -0.342 e. The van der Waals surface area contributed by atoms with Gasteiger partial charge in [0, 0.05) is 25.2 Å². The summed E-state index contributed by atoms with van der Waals surface area (Å²) in [5, 5.41) is 7.77. The number of halogens is 1. The van der Waals surface area contributed by atoms with Gasteiger partial charge in [0.05, 0.1) is 5.92 Å². The van der Waals surface area contributed by atoms with Crippen molar-refractivity contribution in [3.8, 4) is 0 Å². The van der Waals surface area contributed by atoms with E-state index in [4.69, 9.17) is 0 Å². The van der Waals surface area contributed by atoms with E-state index in [1.165, 1.54) is 12.8 Å². The number of nitrogens with zero attached hydrogens (tertiary/aromatic N) is 1. The van der Waals surface area contributed by atoms with Crippen LogP contribution in [0.2, 0.25) is 0 Å². The summed E-state index contributed by atoms with van der Waals surface area (Å²) in [5.74, 6) is 0.258. The number of likely N-dealkylation sites (N-methyl/N-ethyl adjacent to an activating group) is 1. The molecule has 2 fully saturated rings. The summed E-state index contributed by atoms with van der Waals surface area (Å²) in [4.78, 5) is 14.6. The fourth-order valence-electron chi connectivity index (χ4n) is 3.49. The van der Waals surface area contributed by atoms with E-state index in [1.54, 1.807) is 11.3 Å². The highest BCUT2D eigenvalue weighted by Crippen LogP contribution is 2.31. The largest absolute Gasteiger partial charge is 0.342 e. The number of nitrogens with one attached hydrogen (secondary N) is 1. The molecule has 0 aromatic carbocycles. The summed E-state index contributed by atoms with van der Waals surface area (Å²) in [6.45, 7) is 2.02. The molecule has 0 radical (unpaired) electrons. The molecule has 5 heteroatoms. The van der Waals surface area contributed by atoms with Crippen molar-refractivity contribution < 1.29 is 4.79 Å². The van der Waals surface area contributed by atoms with E-state index in [2.05, 4.69) is 16.8 Å². The molecule has 3 heterocycles. The van der Waals surface area contributed by atoms with Crippen LogP contribution in [0.25, 0.3) is 0 Å². The zero-order valence-electron chi connectivity index (χ0n) is 12.0. The van der Waals surface area contributed by atoms with Crippen molar-refractivity contribution in [2.75, 3.05) is 7.05 Å². The minimum atomic E-state index is -0.0104. The van der Waals surface area contributed by atoms with Crippen molar-refractivity contribution in [1.82, 2.24) is 10.2 Å². The Morgan fingerprint density at radius 3 is 2.60 bits per heavy atom. The van der Waals surface area contributed by atoms with Gasteiger partial charge in [-0.1, -0.05) is 0 Å². The van der Waals surface area contributed by atoms with E-state index >= 15 is 0 Å². The van der Waals surface area contributed by atoms with Gasteiger partial charge in [-0.2, -0.15) is 11.3 Å². The molecule has 2 saturated heterocycles. The fourth-order valence-corrected chi connectivity index (χ4v) is 4.25. The van der Waals surface area contributed by atoms with E-state index in [1.807, 2.05) is 24.3 Å². The van der Waals surface area contributed by atoms with Crippen LogP contribution in [0.5, 0.6) is 0 Å². The number of piperidine rings is 1. The maximum atomic E-state index is 12.6. The summed E-state index contributed by atoms with van der Waals surface area (Å²) in [7, 11) is 1.99. The van der Waals surface area contributed by atoms with Crippen LogP contribution in [-0.4, -0.2) is 36.0 Å². The lowest BCUT2D eigenvalue weighted by Gasteiger charge is -2.36. The van der Waals surface area contributed by atoms with Gasteiger partial charge in [-0.25, -0.2) is 0 Å². The predicted octanol–water partition coefficient (Wildman–Crippen LogP) is 3.01. The summed E-state index contributed by atoms with van der Waals surface area (Å²) in [5.41, 5.74) is 1.15. The maximum absolute atomic E-state index is 12.6. The van der Waals surface area contributed by atoms with E-state index in [0.29, 0.717) is 18.1 Å². The lowest BCUT2D eigenvalue weighted by molar-refractivity contribution is -0.133. The number of hydrogen-bond donors (Lipinski definition) is 1. The highest BCUT2D eigenvalue weighted by Gasteiger charge is 2.37. The van der Waals surface area contributed by atoms with Gasteiger partial charge in [0.1, 0.15) is 0 Å². The molecule has 1 aromatic heterocycles. The molecule has 3 unspecified atom stereocenters. The van der Waals surface area contributed by atoms with E-state index in [9.17, 15) is 4.79 Å². The molecule has 0 spiro atoms. The van der Waals surface area contributed by atoms with Crippen molar-refractivity contribution in [3.63, 3.8) is 0 Å². The first-order valence-electron chi connectivity index (χ1n) is 7.20. The van der Waals surface area contributed by atoms with Crippen LogP contribution < -0.4 is 5.32 Å². The van der Waals surface area contributed by atoms with Gasteiger partial charge in [-0.3, -0.25) is 4.79 Å². The highest BCUT2D eigenvalue weighted by molar-refractivity contribution is 7.08. The smallest absolute Gasteiger partial charge is 0.229 e. The molecule has 2 aliphatic rings. The molecule has 1 aromatic rings. The molecule has 1 N–H and O–H groups in total. The average molecular weight is 315 g/mol. The SMILES string of the molecule is CC(C(=O)N(C)C1CC2CCC(C1)N2)c1ccsc1.Cl. The molecular weight excluding hydrogens is 292 g/mol. The second kappa shape index (κ2) is 6.46. The Morgan fingerprint density at radius 1 is 1.40 bits per heavy atom. The molecule has 0 saturated carbocycles. The first-order chi connectivity index (χ1) is 9.15. The molecule has 3 atom stereocenters. The van der Waals surface area contributed by atoms with Crippen molar-refractivity contribution in [1.29, 1.82) is 0 Å². The van der Waals surface area contributed by atoms with Crippen LogP contribution in [0.15, 0.2) is 16.8 Å². The first-order valence-corrected chi connectivity index (χ1v) is 8.14. The molecule has 1 amide bonds. The van der Waals surface area contributed by atoms with E-state index in [-0.39, 0.29) is 24.2 Å². The number of carbonyl (C=O) groups is 1. The summed E-state index contributed by atoms with van der Waals surface area (Å²) in [6, 6.07) is 3.76. The summed E-state index contributed by atoms with van der Waals surface area (Å²) in [6.07, 6.45) is 4.80. The number of hydrogen-bond acceptors (Lipinski definition) is 3. The minimum absolute atomic E-state index is 0. The zero-order valence-corrected chi connectivity index (χ0v) is 13.7. The van der Waals surface area contributed by atoms with Crippen LogP contribution in [0, 0.1) is 0 Å². The monoisotopic (exact) mass is 314 g/mol. The van der Waals surface area contributed by atoms with Crippen molar-refractivity contribution in [2.24, 2.45) is 0 Å². The van der Waals surface area contributed by atoms with Crippen molar-refractivity contribution in [2.45, 2.75) is 56.7 Å². The Kier molecular flexibility index (Phi) is 5.10. The van der Waals surface area contributed by atoms with Gasteiger partial charge < -0.3 is 10.2 Å². The van der Waals surface area contributed by atoms with Crippen molar-refractivity contribution in [3.05, 3.63) is 22.4 Å². The lowest BCUT2D eigenvalue weighted by atomic mass is 9.96. The lowest BCUT2D eigenvalue weighted by Crippen LogP contribution is -2.49. The van der Waals surface area contributed by atoms with Crippen LogP contribution in [0.1, 0.15) is 44.1 Å². The van der Waals surface area contributed by atoms with Gasteiger partial charge in [0.25, 0.3) is 0 Å². The highest BCUT2D eigenvalue weighted by atomic mass is 35.5. The fraction of sp³-hybridized carbons (Fsp3) is 0.667. The predicted molar refractivity (Wildman–Crippen MR) is 85.7 cm³/mol. The molecule has 3 rings (SSSR count).